The molecule has 1 rings (SSSR count). The van der Waals surface area contributed by atoms with Crippen molar-refractivity contribution in [3.05, 3.63) is 0 Å². The summed E-state index contributed by atoms with van der Waals surface area (Å²) in [5, 5.41) is 0. The predicted octanol–water partition coefficient (Wildman–Crippen LogP) is 1.04. The number of hydrogen-bond acceptors (Lipinski definition) is 7. The molecule has 1 aliphatic rings. The first-order chi connectivity index (χ1) is 9.72. The van der Waals surface area contributed by atoms with Crippen LogP contribution in [0.3, 0.4) is 0 Å². The lowest BCUT2D eigenvalue weighted by atomic mass is 9.84. The van der Waals surface area contributed by atoms with Crippen molar-refractivity contribution in [1.82, 2.24) is 0 Å². The minimum Gasteiger partial charge on any atom is -0.463 e. The Morgan fingerprint density at radius 3 is 1.95 bits per heavy atom. The van der Waals surface area contributed by atoms with E-state index in [1.54, 1.807) is 0 Å². The van der Waals surface area contributed by atoms with Crippen molar-refractivity contribution in [2.45, 2.75) is 53.1 Å². The smallest absolute Gasteiger partial charge is 0.304 e. The highest BCUT2D eigenvalue weighted by atomic mass is 16.7. The van der Waals surface area contributed by atoms with Crippen molar-refractivity contribution < 1.29 is 33.3 Å². The zero-order valence-electron chi connectivity index (χ0n) is 13.0. The SMILES string of the molecule is CC(=O)OCC1OC(OC(C)=O)C(C)C(C)C1OC(C)=O. The second kappa shape index (κ2) is 7.40. The maximum absolute atomic E-state index is 11.2. The molecule has 5 unspecified atom stereocenters. The molecule has 0 aliphatic carbocycles. The fourth-order valence-corrected chi connectivity index (χ4v) is 2.27. The van der Waals surface area contributed by atoms with E-state index in [0.717, 1.165) is 0 Å². The van der Waals surface area contributed by atoms with E-state index in [2.05, 4.69) is 0 Å². The molecule has 5 atom stereocenters. The molecular formula is C14H22O7. The monoisotopic (exact) mass is 302 g/mol. The van der Waals surface area contributed by atoms with Crippen molar-refractivity contribution >= 4 is 17.9 Å². The zero-order chi connectivity index (χ0) is 16.2. The Morgan fingerprint density at radius 1 is 0.905 bits per heavy atom. The lowest BCUT2D eigenvalue weighted by Gasteiger charge is -2.42. The summed E-state index contributed by atoms with van der Waals surface area (Å²) in [6.45, 7) is 7.52. The molecule has 1 aliphatic heterocycles. The van der Waals surface area contributed by atoms with Gasteiger partial charge in [-0.05, 0) is 0 Å². The molecule has 1 heterocycles. The van der Waals surface area contributed by atoms with E-state index >= 15 is 0 Å². The summed E-state index contributed by atoms with van der Waals surface area (Å²) in [4.78, 5) is 33.3. The second-order valence-corrected chi connectivity index (χ2v) is 5.25. The van der Waals surface area contributed by atoms with Crippen molar-refractivity contribution in [2.24, 2.45) is 11.8 Å². The maximum Gasteiger partial charge on any atom is 0.304 e. The standard InChI is InChI=1S/C14H22O7/c1-7-8(2)14(20-11(5)17)21-12(6-18-9(3)15)13(7)19-10(4)16/h7-8,12-14H,6H2,1-5H3. The summed E-state index contributed by atoms with van der Waals surface area (Å²) >= 11 is 0. The van der Waals surface area contributed by atoms with Crippen LogP contribution in [0.25, 0.3) is 0 Å². The Bertz CT molecular complexity index is 406. The van der Waals surface area contributed by atoms with Crippen LogP contribution in [-0.2, 0) is 33.3 Å². The topological polar surface area (TPSA) is 88.1 Å². The van der Waals surface area contributed by atoms with Crippen molar-refractivity contribution in [2.75, 3.05) is 6.61 Å². The van der Waals surface area contributed by atoms with Crippen molar-refractivity contribution in [1.29, 1.82) is 0 Å². The van der Waals surface area contributed by atoms with E-state index in [1.807, 2.05) is 13.8 Å². The number of carbonyl (C=O) groups excluding carboxylic acids is 3. The van der Waals surface area contributed by atoms with E-state index in [9.17, 15) is 14.4 Å². The fraction of sp³-hybridized carbons (Fsp3) is 0.786. The minimum atomic E-state index is -0.759. The molecule has 0 aromatic heterocycles. The van der Waals surface area contributed by atoms with E-state index in [0.29, 0.717) is 0 Å². The molecule has 0 N–H and O–H groups in total. The first-order valence-electron chi connectivity index (χ1n) is 6.85. The van der Waals surface area contributed by atoms with E-state index in [1.165, 1.54) is 20.8 Å². The van der Waals surface area contributed by atoms with E-state index < -0.39 is 36.4 Å². The average molecular weight is 302 g/mol. The van der Waals surface area contributed by atoms with Gasteiger partial charge < -0.3 is 18.9 Å². The van der Waals surface area contributed by atoms with Gasteiger partial charge in [-0.2, -0.15) is 0 Å². The number of hydrogen-bond donors (Lipinski definition) is 0. The molecule has 7 heteroatoms. The van der Waals surface area contributed by atoms with Gasteiger partial charge in [-0.25, -0.2) is 0 Å². The molecule has 21 heavy (non-hydrogen) atoms. The Labute approximate surface area is 123 Å². The summed E-state index contributed by atoms with van der Waals surface area (Å²) in [7, 11) is 0. The molecule has 1 fully saturated rings. The van der Waals surface area contributed by atoms with Crippen LogP contribution in [0.1, 0.15) is 34.6 Å². The molecule has 0 bridgehead atoms. The lowest BCUT2D eigenvalue weighted by Crippen LogP contribution is -2.53. The van der Waals surface area contributed by atoms with Gasteiger partial charge in [0.25, 0.3) is 0 Å². The highest BCUT2D eigenvalue weighted by Crippen LogP contribution is 2.33. The van der Waals surface area contributed by atoms with Gasteiger partial charge in [-0.1, -0.05) is 13.8 Å². The van der Waals surface area contributed by atoms with E-state index in [4.69, 9.17) is 18.9 Å². The summed E-state index contributed by atoms with van der Waals surface area (Å²) in [5.74, 6) is -1.65. The van der Waals surface area contributed by atoms with Gasteiger partial charge in [0.2, 0.25) is 6.29 Å². The molecule has 0 spiro atoms. The average Bonchev–Trinajstić information content (AvgIpc) is 2.35. The Balaban J connectivity index is 2.86. The lowest BCUT2D eigenvalue weighted by molar-refractivity contribution is -0.265. The van der Waals surface area contributed by atoms with Gasteiger partial charge in [-0.15, -0.1) is 0 Å². The minimum absolute atomic E-state index is 0.0674. The Kier molecular flexibility index (Phi) is 6.14. The van der Waals surface area contributed by atoms with E-state index in [-0.39, 0.29) is 18.4 Å². The summed E-state index contributed by atoms with van der Waals surface area (Å²) in [6.07, 6.45) is -2.00. The van der Waals surface area contributed by atoms with Crippen LogP contribution in [0, 0.1) is 11.8 Å². The molecule has 0 saturated carbocycles. The number of rotatable bonds is 4. The largest absolute Gasteiger partial charge is 0.463 e. The number of esters is 3. The molecule has 1 saturated heterocycles. The Morgan fingerprint density at radius 2 is 1.48 bits per heavy atom. The Hall–Kier alpha value is -1.63. The third kappa shape index (κ3) is 5.00. The molecule has 0 amide bonds. The summed E-state index contributed by atoms with van der Waals surface area (Å²) < 4.78 is 21.0. The summed E-state index contributed by atoms with van der Waals surface area (Å²) in [5.41, 5.74) is 0. The van der Waals surface area contributed by atoms with Crippen LogP contribution in [0.2, 0.25) is 0 Å². The first kappa shape index (κ1) is 17.4. The van der Waals surface area contributed by atoms with Crippen LogP contribution >= 0.6 is 0 Å². The van der Waals surface area contributed by atoms with Gasteiger partial charge in [0.1, 0.15) is 18.8 Å². The summed E-state index contributed by atoms with van der Waals surface area (Å²) in [6, 6.07) is 0. The van der Waals surface area contributed by atoms with Crippen molar-refractivity contribution in [3.8, 4) is 0 Å². The van der Waals surface area contributed by atoms with Gasteiger partial charge >= 0.3 is 17.9 Å². The fourth-order valence-electron chi connectivity index (χ4n) is 2.27. The molecule has 0 radical (unpaired) electrons. The maximum atomic E-state index is 11.2. The highest BCUT2D eigenvalue weighted by molar-refractivity contribution is 5.67. The van der Waals surface area contributed by atoms with Gasteiger partial charge in [-0.3, -0.25) is 14.4 Å². The second-order valence-electron chi connectivity index (χ2n) is 5.25. The molecule has 0 aromatic carbocycles. The molecule has 0 aromatic rings. The predicted molar refractivity (Wildman–Crippen MR) is 70.9 cm³/mol. The number of ether oxygens (including phenoxy) is 4. The quantitative estimate of drug-likeness (QED) is 0.566. The number of carbonyl (C=O) groups is 3. The van der Waals surface area contributed by atoms with Crippen LogP contribution in [-0.4, -0.2) is 43.0 Å². The van der Waals surface area contributed by atoms with Gasteiger partial charge in [0, 0.05) is 32.6 Å². The highest BCUT2D eigenvalue weighted by Gasteiger charge is 2.45. The van der Waals surface area contributed by atoms with Crippen molar-refractivity contribution in [3.63, 3.8) is 0 Å². The normalized spacial score (nSPS) is 32.1. The zero-order valence-corrected chi connectivity index (χ0v) is 13.0. The van der Waals surface area contributed by atoms with Crippen LogP contribution in [0.15, 0.2) is 0 Å². The van der Waals surface area contributed by atoms with Gasteiger partial charge in [0.05, 0.1) is 0 Å². The molecule has 120 valence electrons. The van der Waals surface area contributed by atoms with Crippen LogP contribution < -0.4 is 0 Å². The third-order valence-corrected chi connectivity index (χ3v) is 3.49. The van der Waals surface area contributed by atoms with Gasteiger partial charge in [0.15, 0.2) is 0 Å². The molecule has 7 nitrogen and oxygen atoms in total. The molecular weight excluding hydrogens is 280 g/mol. The first-order valence-corrected chi connectivity index (χ1v) is 6.85. The third-order valence-electron chi connectivity index (χ3n) is 3.49. The van der Waals surface area contributed by atoms with Crippen LogP contribution in [0.4, 0.5) is 0 Å². The van der Waals surface area contributed by atoms with Crippen LogP contribution in [0.5, 0.6) is 0 Å².